The number of hydrogen-bond acceptors (Lipinski definition) is 2. The van der Waals surface area contributed by atoms with E-state index in [-0.39, 0.29) is 25.6 Å². The molecule has 0 amide bonds. The summed E-state index contributed by atoms with van der Waals surface area (Å²) >= 11 is 0. The molecular formula is C23H26IrNO-. The Hall–Kier alpha value is -1.31. The van der Waals surface area contributed by atoms with E-state index in [2.05, 4.69) is 55.1 Å². The van der Waals surface area contributed by atoms with E-state index in [1.807, 2.05) is 6.07 Å². The molecule has 1 spiro atoms. The zero-order chi connectivity index (χ0) is 17.1. The smallest absolute Gasteiger partial charge is 0.116 e. The molecule has 1 radical (unpaired) electrons. The molecule has 0 unspecified atom stereocenters. The van der Waals surface area contributed by atoms with Crippen molar-refractivity contribution in [1.82, 2.24) is 0 Å². The van der Waals surface area contributed by atoms with Crippen LogP contribution in [0.2, 0.25) is 0 Å². The Morgan fingerprint density at radius 1 is 1.00 bits per heavy atom. The summed E-state index contributed by atoms with van der Waals surface area (Å²) in [4.78, 5) is 2.59. The molecule has 0 N–H and O–H groups in total. The Bertz CT molecular complexity index is 936. The minimum absolute atomic E-state index is 0. The molecule has 2 nitrogen and oxygen atoms in total. The summed E-state index contributed by atoms with van der Waals surface area (Å²) in [6.45, 7) is 5.93. The molecule has 1 aliphatic heterocycles. The normalized spacial score (nSPS) is 21.4. The van der Waals surface area contributed by atoms with Crippen molar-refractivity contribution in [2.45, 2.75) is 57.9 Å². The van der Waals surface area contributed by atoms with Crippen LogP contribution in [0.25, 0.3) is 21.9 Å². The van der Waals surface area contributed by atoms with Crippen molar-refractivity contribution >= 4 is 27.6 Å². The van der Waals surface area contributed by atoms with Crippen LogP contribution in [0.5, 0.6) is 0 Å². The summed E-state index contributed by atoms with van der Waals surface area (Å²) in [7, 11) is 0. The number of fused-ring (bicyclic) bond motifs is 3. The second-order valence-corrected chi connectivity index (χ2v) is 8.80. The fourth-order valence-corrected chi connectivity index (χ4v) is 5.51. The number of benzene rings is 2. The molecule has 3 heteroatoms. The second kappa shape index (κ2) is 6.39. The zero-order valence-corrected chi connectivity index (χ0v) is 18.0. The molecule has 5 rings (SSSR count). The van der Waals surface area contributed by atoms with Crippen molar-refractivity contribution in [3.8, 4) is 0 Å². The van der Waals surface area contributed by atoms with Gasteiger partial charge in [-0.05, 0) is 50.3 Å². The minimum Gasteiger partial charge on any atom is -0.514 e. The van der Waals surface area contributed by atoms with E-state index in [1.54, 1.807) is 0 Å². The fraction of sp³-hybridized carbons (Fsp3) is 0.478. The van der Waals surface area contributed by atoms with E-state index in [9.17, 15) is 0 Å². The van der Waals surface area contributed by atoms with Gasteiger partial charge in [0.15, 0.2) is 0 Å². The van der Waals surface area contributed by atoms with Crippen LogP contribution in [-0.2, 0) is 20.1 Å². The molecule has 26 heavy (non-hydrogen) atoms. The van der Waals surface area contributed by atoms with Crippen molar-refractivity contribution in [1.29, 1.82) is 0 Å². The topological polar surface area (TPSA) is 16.4 Å². The monoisotopic (exact) mass is 525 g/mol. The van der Waals surface area contributed by atoms with Crippen LogP contribution in [0.15, 0.2) is 40.8 Å². The summed E-state index contributed by atoms with van der Waals surface area (Å²) < 4.78 is 6.29. The van der Waals surface area contributed by atoms with E-state index in [4.69, 9.17) is 4.42 Å². The molecule has 0 atom stereocenters. The largest absolute Gasteiger partial charge is 0.514 e. The first kappa shape index (κ1) is 18.1. The van der Waals surface area contributed by atoms with Gasteiger partial charge in [-0.3, -0.25) is 0 Å². The minimum atomic E-state index is 0. The summed E-state index contributed by atoms with van der Waals surface area (Å²) in [6.07, 6.45) is 8.23. The third kappa shape index (κ3) is 2.72. The molecule has 2 aliphatic rings. The van der Waals surface area contributed by atoms with Crippen molar-refractivity contribution < 1.29 is 24.5 Å². The van der Waals surface area contributed by atoms with Gasteiger partial charge >= 0.3 is 0 Å². The van der Waals surface area contributed by atoms with Crippen molar-refractivity contribution in [3.05, 3.63) is 42.5 Å². The quantitative estimate of drug-likeness (QED) is 0.346. The van der Waals surface area contributed by atoms with Crippen LogP contribution < -0.4 is 4.90 Å². The van der Waals surface area contributed by atoms with Gasteiger partial charge in [-0.1, -0.05) is 42.8 Å². The Kier molecular flexibility index (Phi) is 4.44. The third-order valence-corrected chi connectivity index (χ3v) is 6.53. The zero-order valence-electron chi connectivity index (χ0n) is 15.6. The van der Waals surface area contributed by atoms with Gasteiger partial charge < -0.3 is 9.32 Å². The van der Waals surface area contributed by atoms with Crippen LogP contribution in [0.4, 0.5) is 5.69 Å². The number of rotatable bonds is 1. The van der Waals surface area contributed by atoms with E-state index < -0.39 is 0 Å². The standard InChI is InChI=1S/C23H26NO.Ir/c1-22(2)15-23(13-6-3-7-14-23)16-24(22)19-11-8-10-18-17-9-4-5-12-20(17)25-21(18)19;/h4-5,8-10,12H,3,6-7,13-16H2,1-2H3;/q-1;. The average Bonchev–Trinajstić information content (AvgIpc) is 3.10. The maximum absolute atomic E-state index is 6.29. The number of furan rings is 1. The van der Waals surface area contributed by atoms with Gasteiger partial charge in [-0.2, -0.15) is 18.2 Å². The van der Waals surface area contributed by atoms with Gasteiger partial charge in [-0.15, -0.1) is 0 Å². The summed E-state index contributed by atoms with van der Waals surface area (Å²) in [6, 6.07) is 16.1. The maximum atomic E-state index is 6.29. The van der Waals surface area contributed by atoms with Crippen LogP contribution in [-0.4, -0.2) is 12.1 Å². The van der Waals surface area contributed by atoms with Crippen LogP contribution in [0.1, 0.15) is 52.4 Å². The first-order valence-corrected chi connectivity index (χ1v) is 9.68. The molecular weight excluding hydrogens is 498 g/mol. The van der Waals surface area contributed by atoms with E-state index in [0.29, 0.717) is 5.41 Å². The van der Waals surface area contributed by atoms with Gasteiger partial charge in [0, 0.05) is 43.2 Å². The van der Waals surface area contributed by atoms with Crippen LogP contribution in [0, 0.1) is 11.5 Å². The molecule has 0 bridgehead atoms. The third-order valence-electron chi connectivity index (χ3n) is 6.53. The summed E-state index contributed by atoms with van der Waals surface area (Å²) in [5.74, 6) is 0. The SMILES string of the molecule is CC1(C)CC2(CCCCC2)CN1c1[c-]ccc2c1oc1ccccc12.[Ir]. The Morgan fingerprint density at radius 3 is 2.58 bits per heavy atom. The van der Waals surface area contributed by atoms with Gasteiger partial charge in [0.1, 0.15) is 5.58 Å². The predicted octanol–water partition coefficient (Wildman–Crippen LogP) is 6.32. The molecule has 2 aromatic carbocycles. The molecule has 1 aromatic heterocycles. The van der Waals surface area contributed by atoms with E-state index in [0.717, 1.165) is 23.4 Å². The predicted molar refractivity (Wildman–Crippen MR) is 104 cm³/mol. The van der Waals surface area contributed by atoms with E-state index >= 15 is 0 Å². The molecule has 139 valence electrons. The van der Waals surface area contributed by atoms with Crippen molar-refractivity contribution in [3.63, 3.8) is 0 Å². The molecule has 3 aromatic rings. The van der Waals surface area contributed by atoms with Gasteiger partial charge in [-0.25, -0.2) is 0 Å². The Morgan fingerprint density at radius 2 is 1.77 bits per heavy atom. The average molecular weight is 525 g/mol. The van der Waals surface area contributed by atoms with Crippen LogP contribution in [0.3, 0.4) is 0 Å². The molecule has 2 heterocycles. The van der Waals surface area contributed by atoms with E-state index in [1.165, 1.54) is 49.3 Å². The van der Waals surface area contributed by atoms with Gasteiger partial charge in [0.05, 0.1) is 0 Å². The number of anilines is 1. The van der Waals surface area contributed by atoms with Gasteiger partial charge in [0.25, 0.3) is 0 Å². The molecule has 1 saturated heterocycles. The van der Waals surface area contributed by atoms with Crippen LogP contribution >= 0.6 is 0 Å². The van der Waals surface area contributed by atoms with Crippen molar-refractivity contribution in [2.24, 2.45) is 5.41 Å². The molecule has 1 saturated carbocycles. The summed E-state index contributed by atoms with van der Waals surface area (Å²) in [5.41, 5.74) is 3.78. The first-order valence-electron chi connectivity index (χ1n) is 9.68. The molecule has 2 fully saturated rings. The first-order chi connectivity index (χ1) is 12.1. The van der Waals surface area contributed by atoms with Gasteiger partial charge in [0.2, 0.25) is 0 Å². The summed E-state index contributed by atoms with van der Waals surface area (Å²) in [5, 5.41) is 2.42. The van der Waals surface area contributed by atoms with Crippen molar-refractivity contribution in [2.75, 3.05) is 11.4 Å². The fourth-order valence-electron chi connectivity index (χ4n) is 5.51. The molecule has 1 aliphatic carbocycles. The maximum Gasteiger partial charge on any atom is 0.116 e. The second-order valence-electron chi connectivity index (χ2n) is 8.80. The number of hydrogen-bond donors (Lipinski definition) is 0. The number of para-hydroxylation sites is 1. The number of nitrogens with zero attached hydrogens (tertiary/aromatic N) is 1. The Balaban J connectivity index is 0.00000168. The Labute approximate surface area is 169 Å².